The first kappa shape index (κ1) is 14.2. The summed E-state index contributed by atoms with van der Waals surface area (Å²) in [7, 11) is -3.30. The summed E-state index contributed by atoms with van der Waals surface area (Å²) in [5, 5.41) is 3.30. The van der Waals surface area contributed by atoms with E-state index < -0.39 is 10.0 Å². The number of hydrogen-bond acceptors (Lipinski definition) is 3. The highest BCUT2D eigenvalue weighted by Crippen LogP contribution is 2.30. The summed E-state index contributed by atoms with van der Waals surface area (Å²) in [6.07, 6.45) is 1.95. The third kappa shape index (κ3) is 3.86. The van der Waals surface area contributed by atoms with Gasteiger partial charge in [-0.3, -0.25) is 4.72 Å². The molecule has 0 amide bonds. The number of hydrogen-bond donors (Lipinski definition) is 2. The van der Waals surface area contributed by atoms with E-state index in [1.54, 1.807) is 0 Å². The minimum absolute atomic E-state index is 0.122. The monoisotopic (exact) mass is 282 g/mol. The lowest BCUT2D eigenvalue weighted by Crippen LogP contribution is -2.27. The van der Waals surface area contributed by atoms with Crippen molar-refractivity contribution in [3.8, 4) is 0 Å². The Bertz CT molecular complexity index is 559. The van der Waals surface area contributed by atoms with Crippen molar-refractivity contribution in [2.45, 2.75) is 33.6 Å². The number of sulfonamides is 1. The van der Waals surface area contributed by atoms with Crippen LogP contribution in [-0.2, 0) is 16.4 Å². The largest absolute Gasteiger partial charge is 0.385 e. The van der Waals surface area contributed by atoms with Crippen molar-refractivity contribution in [2.24, 2.45) is 5.41 Å². The fraction of sp³-hybridized carbons (Fsp3) is 0.571. The average Bonchev–Trinajstić information content (AvgIpc) is 2.25. The molecule has 1 aromatic carbocycles. The minimum atomic E-state index is -3.30. The molecule has 0 bridgehead atoms. The number of rotatable bonds is 3. The van der Waals surface area contributed by atoms with E-state index in [1.165, 1.54) is 0 Å². The van der Waals surface area contributed by atoms with Crippen LogP contribution in [-0.4, -0.2) is 20.7 Å². The normalized spacial score (nSPS) is 15.5. The molecule has 0 fully saturated rings. The summed E-state index contributed by atoms with van der Waals surface area (Å²) in [5.74, 6) is 0.122. The van der Waals surface area contributed by atoms with Gasteiger partial charge in [0.2, 0.25) is 10.0 Å². The first-order chi connectivity index (χ1) is 8.77. The van der Waals surface area contributed by atoms with Crippen molar-refractivity contribution in [2.75, 3.05) is 22.3 Å². The number of benzene rings is 1. The van der Waals surface area contributed by atoms with E-state index in [4.69, 9.17) is 0 Å². The molecule has 0 aromatic heterocycles. The maximum Gasteiger partial charge on any atom is 0.233 e. The Labute approximate surface area is 115 Å². The third-order valence-corrected chi connectivity index (χ3v) is 4.76. The van der Waals surface area contributed by atoms with Gasteiger partial charge in [0.25, 0.3) is 0 Å². The van der Waals surface area contributed by atoms with Gasteiger partial charge in [-0.05, 0) is 36.0 Å². The van der Waals surface area contributed by atoms with Gasteiger partial charge in [-0.2, -0.15) is 0 Å². The predicted molar refractivity (Wildman–Crippen MR) is 80.1 cm³/mol. The Kier molecular flexibility index (Phi) is 3.76. The molecule has 0 saturated carbocycles. The topological polar surface area (TPSA) is 58.2 Å². The van der Waals surface area contributed by atoms with Crippen molar-refractivity contribution < 1.29 is 8.42 Å². The number of fused-ring (bicyclic) bond motifs is 1. The molecule has 2 N–H and O–H groups in total. The Morgan fingerprint density at radius 2 is 2.05 bits per heavy atom. The highest BCUT2D eigenvalue weighted by atomic mass is 32.2. The molecule has 0 atom stereocenters. The van der Waals surface area contributed by atoms with Crippen LogP contribution < -0.4 is 10.0 Å². The molecular weight excluding hydrogens is 260 g/mol. The fourth-order valence-corrected chi connectivity index (χ4v) is 4.12. The molecule has 0 unspecified atom stereocenters. The van der Waals surface area contributed by atoms with Gasteiger partial charge < -0.3 is 5.32 Å². The lowest BCUT2D eigenvalue weighted by molar-refractivity contribution is 0.463. The average molecular weight is 282 g/mol. The number of anilines is 2. The zero-order valence-electron chi connectivity index (χ0n) is 11.8. The van der Waals surface area contributed by atoms with Gasteiger partial charge in [0, 0.05) is 12.2 Å². The van der Waals surface area contributed by atoms with Crippen LogP contribution in [0.4, 0.5) is 11.4 Å². The van der Waals surface area contributed by atoms with E-state index in [0.717, 1.165) is 30.6 Å². The maximum atomic E-state index is 12.2. The smallest absolute Gasteiger partial charge is 0.233 e. The predicted octanol–water partition coefficient (Wildman–Crippen LogP) is 2.83. The summed E-state index contributed by atoms with van der Waals surface area (Å²) in [6.45, 7) is 6.72. The quantitative estimate of drug-likeness (QED) is 0.896. The van der Waals surface area contributed by atoms with Gasteiger partial charge in [0.1, 0.15) is 0 Å². The zero-order chi connectivity index (χ0) is 14.1. The Morgan fingerprint density at radius 1 is 1.32 bits per heavy atom. The van der Waals surface area contributed by atoms with Crippen LogP contribution in [0.25, 0.3) is 0 Å². The summed E-state index contributed by atoms with van der Waals surface area (Å²) < 4.78 is 27.1. The first-order valence-corrected chi connectivity index (χ1v) is 8.28. The van der Waals surface area contributed by atoms with E-state index in [2.05, 4.69) is 10.0 Å². The van der Waals surface area contributed by atoms with Crippen LogP contribution in [0.1, 0.15) is 32.8 Å². The summed E-state index contributed by atoms with van der Waals surface area (Å²) in [5.41, 5.74) is 2.58. The van der Waals surface area contributed by atoms with Gasteiger partial charge >= 0.3 is 0 Å². The Hall–Kier alpha value is -1.23. The lowest BCUT2D eigenvalue weighted by atomic mass is 10.0. The molecule has 106 valence electrons. The molecule has 1 aromatic rings. The van der Waals surface area contributed by atoms with Crippen LogP contribution >= 0.6 is 0 Å². The summed E-state index contributed by atoms with van der Waals surface area (Å²) in [6, 6.07) is 5.72. The molecule has 1 aliphatic rings. The second-order valence-electron chi connectivity index (χ2n) is 6.28. The number of nitrogens with one attached hydrogen (secondary N) is 2. The SMILES string of the molecule is CC(C)(C)CS(=O)(=O)Nc1cccc2c1CCCN2. The molecule has 2 rings (SSSR count). The van der Waals surface area contributed by atoms with E-state index in [0.29, 0.717) is 5.69 Å². The molecule has 0 saturated heterocycles. The van der Waals surface area contributed by atoms with Crippen LogP contribution in [0.3, 0.4) is 0 Å². The molecule has 1 aliphatic heterocycles. The summed E-state index contributed by atoms with van der Waals surface area (Å²) in [4.78, 5) is 0. The standard InChI is InChI=1S/C14H22N2O2S/c1-14(2,3)10-19(17,18)16-13-8-4-7-12-11(13)6-5-9-15-12/h4,7-8,15-16H,5-6,9-10H2,1-3H3. The molecule has 5 heteroatoms. The molecule has 0 radical (unpaired) electrons. The van der Waals surface area contributed by atoms with Crippen LogP contribution in [0.15, 0.2) is 18.2 Å². The van der Waals surface area contributed by atoms with Crippen LogP contribution in [0.5, 0.6) is 0 Å². The van der Waals surface area contributed by atoms with Gasteiger partial charge in [-0.1, -0.05) is 26.8 Å². The van der Waals surface area contributed by atoms with Crippen molar-refractivity contribution >= 4 is 21.4 Å². The Balaban J connectivity index is 2.24. The van der Waals surface area contributed by atoms with E-state index in [-0.39, 0.29) is 11.2 Å². The second kappa shape index (κ2) is 5.04. The summed E-state index contributed by atoms with van der Waals surface area (Å²) >= 11 is 0. The minimum Gasteiger partial charge on any atom is -0.385 e. The maximum absolute atomic E-state index is 12.2. The molecule has 0 aliphatic carbocycles. The van der Waals surface area contributed by atoms with Crippen molar-refractivity contribution in [1.29, 1.82) is 0 Å². The highest BCUT2D eigenvalue weighted by Gasteiger charge is 2.23. The Morgan fingerprint density at radius 3 is 2.74 bits per heavy atom. The van der Waals surface area contributed by atoms with Crippen molar-refractivity contribution in [3.05, 3.63) is 23.8 Å². The fourth-order valence-electron chi connectivity index (χ4n) is 2.38. The van der Waals surface area contributed by atoms with Gasteiger partial charge in [-0.15, -0.1) is 0 Å². The van der Waals surface area contributed by atoms with Crippen molar-refractivity contribution in [3.63, 3.8) is 0 Å². The van der Waals surface area contributed by atoms with E-state index >= 15 is 0 Å². The van der Waals surface area contributed by atoms with Crippen LogP contribution in [0.2, 0.25) is 0 Å². The van der Waals surface area contributed by atoms with Crippen molar-refractivity contribution in [1.82, 2.24) is 0 Å². The highest BCUT2D eigenvalue weighted by molar-refractivity contribution is 7.92. The molecule has 19 heavy (non-hydrogen) atoms. The van der Waals surface area contributed by atoms with Gasteiger partial charge in [0.05, 0.1) is 11.4 Å². The molecule has 0 spiro atoms. The van der Waals surface area contributed by atoms with Gasteiger partial charge in [0.15, 0.2) is 0 Å². The van der Waals surface area contributed by atoms with Crippen LogP contribution in [0, 0.1) is 5.41 Å². The third-order valence-electron chi connectivity index (χ3n) is 2.98. The van der Waals surface area contributed by atoms with E-state index in [9.17, 15) is 8.42 Å². The van der Waals surface area contributed by atoms with Gasteiger partial charge in [-0.25, -0.2) is 8.42 Å². The van der Waals surface area contributed by atoms with E-state index in [1.807, 2.05) is 39.0 Å². The first-order valence-electron chi connectivity index (χ1n) is 6.63. The second-order valence-corrected chi connectivity index (χ2v) is 8.01. The molecular formula is C14H22N2O2S. The molecule has 4 nitrogen and oxygen atoms in total. The molecule has 1 heterocycles. The zero-order valence-corrected chi connectivity index (χ0v) is 12.6. The lowest BCUT2D eigenvalue weighted by Gasteiger charge is -2.23.